The van der Waals surface area contributed by atoms with Crippen molar-refractivity contribution in [1.29, 1.82) is 0 Å². The standard InChI is InChI=1S/C11H21N3O2/c1-8-4-3-5-14(10(8)6-12)11(16)7-13-9(2)15/h8,10H,3-7,12H2,1-2H3,(H,13,15). The zero-order valence-corrected chi connectivity index (χ0v) is 10.0. The molecule has 3 N–H and O–H groups in total. The van der Waals surface area contributed by atoms with Crippen LogP contribution < -0.4 is 11.1 Å². The summed E-state index contributed by atoms with van der Waals surface area (Å²) in [7, 11) is 0. The lowest BCUT2D eigenvalue weighted by Crippen LogP contribution is -2.53. The first-order chi connectivity index (χ1) is 7.56. The van der Waals surface area contributed by atoms with Gasteiger partial charge in [0.05, 0.1) is 6.54 Å². The van der Waals surface area contributed by atoms with Crippen LogP contribution >= 0.6 is 0 Å². The van der Waals surface area contributed by atoms with Gasteiger partial charge in [-0.05, 0) is 18.8 Å². The summed E-state index contributed by atoms with van der Waals surface area (Å²) in [5.74, 6) is 0.236. The van der Waals surface area contributed by atoms with Gasteiger partial charge in [0.15, 0.2) is 0 Å². The smallest absolute Gasteiger partial charge is 0.242 e. The number of rotatable bonds is 3. The van der Waals surface area contributed by atoms with E-state index in [0.717, 1.165) is 19.4 Å². The van der Waals surface area contributed by atoms with Crippen LogP contribution in [-0.2, 0) is 9.59 Å². The van der Waals surface area contributed by atoms with Crippen molar-refractivity contribution in [3.05, 3.63) is 0 Å². The maximum atomic E-state index is 11.9. The molecule has 2 unspecified atom stereocenters. The summed E-state index contributed by atoms with van der Waals surface area (Å²) >= 11 is 0. The molecule has 0 aromatic heterocycles. The van der Waals surface area contributed by atoms with E-state index < -0.39 is 0 Å². The molecule has 5 heteroatoms. The Kier molecular flexibility index (Phi) is 4.73. The van der Waals surface area contributed by atoms with Gasteiger partial charge in [-0.15, -0.1) is 0 Å². The minimum atomic E-state index is -0.178. The van der Waals surface area contributed by atoms with Crippen LogP contribution in [0.25, 0.3) is 0 Å². The summed E-state index contributed by atoms with van der Waals surface area (Å²) in [5, 5.41) is 2.53. The molecule has 1 aliphatic heterocycles. The second-order valence-electron chi connectivity index (χ2n) is 4.42. The van der Waals surface area contributed by atoms with Crippen molar-refractivity contribution >= 4 is 11.8 Å². The third kappa shape index (κ3) is 3.20. The fourth-order valence-electron chi connectivity index (χ4n) is 2.22. The maximum Gasteiger partial charge on any atom is 0.242 e. The second kappa shape index (κ2) is 5.84. The molecule has 0 saturated carbocycles. The van der Waals surface area contributed by atoms with E-state index in [2.05, 4.69) is 12.2 Å². The highest BCUT2D eigenvalue weighted by Crippen LogP contribution is 2.22. The van der Waals surface area contributed by atoms with Crippen molar-refractivity contribution in [1.82, 2.24) is 10.2 Å². The van der Waals surface area contributed by atoms with Gasteiger partial charge in [0.25, 0.3) is 0 Å². The molecule has 1 saturated heterocycles. The van der Waals surface area contributed by atoms with E-state index in [1.54, 1.807) is 0 Å². The highest BCUT2D eigenvalue weighted by molar-refractivity contribution is 5.84. The van der Waals surface area contributed by atoms with E-state index in [0.29, 0.717) is 12.5 Å². The normalized spacial score (nSPS) is 25.3. The van der Waals surface area contributed by atoms with Crippen LogP contribution in [0, 0.1) is 5.92 Å². The number of nitrogens with one attached hydrogen (secondary N) is 1. The Morgan fingerprint density at radius 1 is 1.50 bits per heavy atom. The number of piperidine rings is 1. The third-order valence-corrected chi connectivity index (χ3v) is 3.17. The number of carbonyl (C=O) groups is 2. The van der Waals surface area contributed by atoms with E-state index in [-0.39, 0.29) is 24.4 Å². The lowest BCUT2D eigenvalue weighted by atomic mass is 9.91. The average Bonchev–Trinajstić information content (AvgIpc) is 2.25. The van der Waals surface area contributed by atoms with Crippen molar-refractivity contribution < 1.29 is 9.59 Å². The van der Waals surface area contributed by atoms with Crippen LogP contribution in [0.4, 0.5) is 0 Å². The van der Waals surface area contributed by atoms with Crippen LogP contribution in [0.5, 0.6) is 0 Å². The Morgan fingerprint density at radius 2 is 2.19 bits per heavy atom. The summed E-state index contributed by atoms with van der Waals surface area (Å²) in [6.45, 7) is 4.86. The number of amides is 2. The number of nitrogens with two attached hydrogens (primary N) is 1. The van der Waals surface area contributed by atoms with Crippen molar-refractivity contribution in [3.63, 3.8) is 0 Å². The van der Waals surface area contributed by atoms with Crippen LogP contribution in [0.3, 0.4) is 0 Å². The molecular formula is C11H21N3O2. The molecule has 0 aromatic rings. The van der Waals surface area contributed by atoms with E-state index in [9.17, 15) is 9.59 Å². The highest BCUT2D eigenvalue weighted by Gasteiger charge is 2.30. The number of hydrogen-bond acceptors (Lipinski definition) is 3. The first-order valence-corrected chi connectivity index (χ1v) is 5.80. The Balaban J connectivity index is 2.55. The number of hydrogen-bond donors (Lipinski definition) is 2. The number of likely N-dealkylation sites (tertiary alicyclic amines) is 1. The van der Waals surface area contributed by atoms with Gasteiger partial charge in [-0.1, -0.05) is 6.92 Å². The molecule has 92 valence electrons. The van der Waals surface area contributed by atoms with Crippen molar-refractivity contribution in [3.8, 4) is 0 Å². The Labute approximate surface area is 96.4 Å². The predicted octanol–water partition coefficient (Wildman–Crippen LogP) is -0.292. The minimum absolute atomic E-state index is 0.0304. The quantitative estimate of drug-likeness (QED) is 0.695. The van der Waals surface area contributed by atoms with Gasteiger partial charge in [-0.25, -0.2) is 0 Å². The summed E-state index contributed by atoms with van der Waals surface area (Å²) in [6, 6.07) is 0.120. The molecular weight excluding hydrogens is 206 g/mol. The average molecular weight is 227 g/mol. The Morgan fingerprint density at radius 3 is 2.75 bits per heavy atom. The van der Waals surface area contributed by atoms with Gasteiger partial charge < -0.3 is 16.0 Å². The zero-order chi connectivity index (χ0) is 12.1. The maximum absolute atomic E-state index is 11.9. The first kappa shape index (κ1) is 13.0. The van der Waals surface area contributed by atoms with Crippen LogP contribution in [0.1, 0.15) is 26.7 Å². The molecule has 5 nitrogen and oxygen atoms in total. The lowest BCUT2D eigenvalue weighted by molar-refractivity contribution is -0.136. The lowest BCUT2D eigenvalue weighted by Gasteiger charge is -2.39. The van der Waals surface area contributed by atoms with Crippen molar-refractivity contribution in [2.24, 2.45) is 11.7 Å². The Hall–Kier alpha value is -1.10. The monoisotopic (exact) mass is 227 g/mol. The number of carbonyl (C=O) groups excluding carboxylic acids is 2. The second-order valence-corrected chi connectivity index (χ2v) is 4.42. The van der Waals surface area contributed by atoms with E-state index >= 15 is 0 Å². The molecule has 2 amide bonds. The molecule has 0 aliphatic carbocycles. The van der Waals surface area contributed by atoms with Gasteiger partial charge >= 0.3 is 0 Å². The van der Waals surface area contributed by atoms with E-state index in [4.69, 9.17) is 5.73 Å². The molecule has 0 bridgehead atoms. The van der Waals surface area contributed by atoms with Gasteiger partial charge in [0.1, 0.15) is 0 Å². The van der Waals surface area contributed by atoms with Crippen LogP contribution in [0.15, 0.2) is 0 Å². The topological polar surface area (TPSA) is 75.4 Å². The van der Waals surface area contributed by atoms with Gasteiger partial charge in [0.2, 0.25) is 11.8 Å². The molecule has 2 atom stereocenters. The van der Waals surface area contributed by atoms with Gasteiger partial charge in [0, 0.05) is 26.1 Å². The van der Waals surface area contributed by atoms with Crippen molar-refractivity contribution in [2.45, 2.75) is 32.7 Å². The molecule has 1 fully saturated rings. The molecule has 0 radical (unpaired) electrons. The highest BCUT2D eigenvalue weighted by atomic mass is 16.2. The van der Waals surface area contributed by atoms with Gasteiger partial charge in [-0.3, -0.25) is 9.59 Å². The largest absolute Gasteiger partial charge is 0.347 e. The summed E-state index contributed by atoms with van der Waals surface area (Å²) in [4.78, 5) is 24.4. The molecule has 16 heavy (non-hydrogen) atoms. The third-order valence-electron chi connectivity index (χ3n) is 3.17. The minimum Gasteiger partial charge on any atom is -0.347 e. The molecule has 1 aliphatic rings. The zero-order valence-electron chi connectivity index (χ0n) is 10.0. The molecule has 0 aromatic carbocycles. The summed E-state index contributed by atoms with van der Waals surface area (Å²) in [5.41, 5.74) is 5.70. The van der Waals surface area contributed by atoms with Crippen LogP contribution in [-0.4, -0.2) is 42.4 Å². The molecule has 1 rings (SSSR count). The van der Waals surface area contributed by atoms with Crippen LogP contribution in [0.2, 0.25) is 0 Å². The molecule has 0 spiro atoms. The fraction of sp³-hybridized carbons (Fsp3) is 0.818. The van der Waals surface area contributed by atoms with Gasteiger partial charge in [-0.2, -0.15) is 0 Å². The summed E-state index contributed by atoms with van der Waals surface area (Å²) < 4.78 is 0. The molecule has 1 heterocycles. The van der Waals surface area contributed by atoms with E-state index in [1.807, 2.05) is 4.90 Å². The van der Waals surface area contributed by atoms with Crippen molar-refractivity contribution in [2.75, 3.05) is 19.6 Å². The number of nitrogens with zero attached hydrogens (tertiary/aromatic N) is 1. The van der Waals surface area contributed by atoms with E-state index in [1.165, 1.54) is 6.92 Å². The fourth-order valence-corrected chi connectivity index (χ4v) is 2.22. The Bertz CT molecular complexity index is 268. The first-order valence-electron chi connectivity index (χ1n) is 5.80. The summed E-state index contributed by atoms with van der Waals surface area (Å²) in [6.07, 6.45) is 2.13. The SMILES string of the molecule is CC(=O)NCC(=O)N1CCCC(C)C1CN. The predicted molar refractivity (Wildman–Crippen MR) is 61.6 cm³/mol.